The van der Waals surface area contributed by atoms with Gasteiger partial charge in [-0.2, -0.15) is 0 Å². The molecule has 138 valence electrons. The van der Waals surface area contributed by atoms with E-state index in [0.717, 1.165) is 31.0 Å². The van der Waals surface area contributed by atoms with Crippen LogP contribution in [0.1, 0.15) is 25.0 Å². The maximum atomic E-state index is 12.0. The molecular weight excluding hydrogens is 322 g/mol. The van der Waals surface area contributed by atoms with E-state index < -0.39 is 0 Å². The van der Waals surface area contributed by atoms with E-state index in [1.165, 1.54) is 16.0 Å². The Morgan fingerprint density at radius 3 is 2.32 bits per heavy atom. The predicted octanol–water partition coefficient (Wildman–Crippen LogP) is -0.713. The Bertz CT molecular complexity index is 619. The fourth-order valence-electron chi connectivity index (χ4n) is 2.95. The summed E-state index contributed by atoms with van der Waals surface area (Å²) in [6.45, 7) is 7.09. The molecule has 0 bridgehead atoms. The minimum Gasteiger partial charge on any atom is -0.490 e. The minimum absolute atomic E-state index is 0.0193. The lowest BCUT2D eigenvalue weighted by Gasteiger charge is -2.26. The molecule has 0 spiro atoms. The van der Waals surface area contributed by atoms with Crippen LogP contribution in [0.15, 0.2) is 12.1 Å². The Labute approximate surface area is 148 Å². The summed E-state index contributed by atoms with van der Waals surface area (Å²) in [6.07, 6.45) is 0.889. The average Bonchev–Trinajstić information content (AvgIpc) is 2.60. The van der Waals surface area contributed by atoms with Gasteiger partial charge in [0.15, 0.2) is 18.0 Å². The molecule has 1 heterocycles. The van der Waals surface area contributed by atoms with Gasteiger partial charge in [-0.25, -0.2) is 0 Å². The molecule has 0 radical (unpaired) electrons. The number of nitrogens with one attached hydrogen (secondary N) is 3. The van der Waals surface area contributed by atoms with Gasteiger partial charge in [-0.15, -0.1) is 0 Å². The summed E-state index contributed by atoms with van der Waals surface area (Å²) >= 11 is 0. The zero-order chi connectivity index (χ0) is 18.2. The first-order valence-electron chi connectivity index (χ1n) is 8.79. The largest absolute Gasteiger partial charge is 0.490 e. The number of hydrogen-bond acceptors (Lipinski definition) is 4. The number of amides is 2. The van der Waals surface area contributed by atoms with Gasteiger partial charge in [0.05, 0.1) is 26.3 Å². The van der Waals surface area contributed by atoms with E-state index in [0.29, 0.717) is 19.8 Å². The molecule has 0 fully saturated rings. The predicted molar refractivity (Wildman–Crippen MR) is 94.0 cm³/mol. The second-order valence-corrected chi connectivity index (χ2v) is 5.99. The van der Waals surface area contributed by atoms with Crippen LogP contribution in [0.2, 0.25) is 0 Å². The second kappa shape index (κ2) is 9.27. The molecule has 0 saturated heterocycles. The van der Waals surface area contributed by atoms with Crippen LogP contribution < -0.4 is 25.0 Å². The van der Waals surface area contributed by atoms with Crippen molar-refractivity contribution in [3.05, 3.63) is 23.3 Å². The summed E-state index contributed by atoms with van der Waals surface area (Å²) < 4.78 is 11.4. The van der Waals surface area contributed by atoms with Gasteiger partial charge in [0, 0.05) is 19.0 Å². The highest BCUT2D eigenvalue weighted by Crippen LogP contribution is 2.32. The first-order valence-corrected chi connectivity index (χ1v) is 8.79. The number of likely N-dealkylation sites (N-methyl/N-ethyl adjacent to an activating group) is 1. The Morgan fingerprint density at radius 1 is 1.08 bits per heavy atom. The van der Waals surface area contributed by atoms with Crippen molar-refractivity contribution in [1.29, 1.82) is 0 Å². The lowest BCUT2D eigenvalue weighted by atomic mass is 9.99. The Morgan fingerprint density at radius 2 is 1.72 bits per heavy atom. The number of fused-ring (bicyclic) bond motifs is 1. The summed E-state index contributed by atoms with van der Waals surface area (Å²) in [7, 11) is 1.55. The van der Waals surface area contributed by atoms with Crippen molar-refractivity contribution in [3.63, 3.8) is 0 Å². The van der Waals surface area contributed by atoms with Gasteiger partial charge in [0.1, 0.15) is 6.54 Å². The van der Waals surface area contributed by atoms with Crippen LogP contribution >= 0.6 is 0 Å². The first-order chi connectivity index (χ1) is 12.1. The molecule has 2 rings (SSSR count). The fourth-order valence-corrected chi connectivity index (χ4v) is 2.95. The molecule has 3 N–H and O–H groups in total. The van der Waals surface area contributed by atoms with E-state index in [1.54, 1.807) is 7.05 Å². The van der Waals surface area contributed by atoms with E-state index in [9.17, 15) is 9.59 Å². The lowest BCUT2D eigenvalue weighted by Crippen LogP contribution is -3.12. The molecular formula is C18H28N3O4+. The quantitative estimate of drug-likeness (QED) is 0.578. The Balaban J connectivity index is 2.01. The summed E-state index contributed by atoms with van der Waals surface area (Å²) in [6, 6.07) is 4.09. The molecule has 0 saturated carbocycles. The Kier molecular flexibility index (Phi) is 7.06. The first kappa shape index (κ1) is 19.1. The molecule has 25 heavy (non-hydrogen) atoms. The maximum absolute atomic E-state index is 12.0. The van der Waals surface area contributed by atoms with E-state index >= 15 is 0 Å². The zero-order valence-corrected chi connectivity index (χ0v) is 15.2. The summed E-state index contributed by atoms with van der Waals surface area (Å²) in [4.78, 5) is 24.4. The third-order valence-corrected chi connectivity index (χ3v) is 4.19. The van der Waals surface area contributed by atoms with Gasteiger partial charge in [0.25, 0.3) is 5.91 Å². The third kappa shape index (κ3) is 5.35. The van der Waals surface area contributed by atoms with Crippen LogP contribution in [-0.2, 0) is 22.6 Å². The van der Waals surface area contributed by atoms with E-state index in [2.05, 4.69) is 16.7 Å². The van der Waals surface area contributed by atoms with Crippen molar-refractivity contribution in [2.75, 3.05) is 39.9 Å². The zero-order valence-electron chi connectivity index (χ0n) is 15.2. The van der Waals surface area contributed by atoms with Crippen LogP contribution in [0.4, 0.5) is 0 Å². The third-order valence-electron chi connectivity index (χ3n) is 4.19. The molecule has 7 heteroatoms. The number of benzene rings is 1. The molecule has 1 aromatic carbocycles. The standard InChI is InChI=1S/C18H27N3O4/c1-4-24-15-8-13-6-7-21(11-14(13)9-16(15)25-5-2)12-18(23)20-10-17(22)19-3/h8-9H,4-7,10-12H2,1-3H3,(H,19,22)(H,20,23)/p+1. The van der Waals surface area contributed by atoms with Gasteiger partial charge in [0.2, 0.25) is 5.91 Å². The molecule has 1 atom stereocenters. The molecule has 1 unspecified atom stereocenters. The topological polar surface area (TPSA) is 81.1 Å². The number of carbonyl (C=O) groups excluding carboxylic acids is 2. The molecule has 2 amide bonds. The monoisotopic (exact) mass is 350 g/mol. The van der Waals surface area contributed by atoms with Crippen molar-refractivity contribution in [1.82, 2.24) is 10.6 Å². The van der Waals surface area contributed by atoms with Crippen molar-refractivity contribution in [2.24, 2.45) is 0 Å². The molecule has 1 aliphatic heterocycles. The van der Waals surface area contributed by atoms with Crippen LogP contribution in [0.5, 0.6) is 11.5 Å². The number of carbonyl (C=O) groups is 2. The second-order valence-electron chi connectivity index (χ2n) is 5.99. The van der Waals surface area contributed by atoms with Crippen molar-refractivity contribution < 1.29 is 24.0 Å². The molecule has 0 aliphatic carbocycles. The normalized spacial score (nSPS) is 15.9. The summed E-state index contributed by atoms with van der Waals surface area (Å²) in [5, 5.41) is 5.13. The van der Waals surface area contributed by atoms with Crippen molar-refractivity contribution >= 4 is 11.8 Å². The van der Waals surface area contributed by atoms with Gasteiger partial charge >= 0.3 is 0 Å². The van der Waals surface area contributed by atoms with Crippen LogP contribution in [0.3, 0.4) is 0 Å². The molecule has 1 aliphatic rings. The number of rotatable bonds is 8. The molecule has 1 aromatic rings. The maximum Gasteiger partial charge on any atom is 0.275 e. The summed E-state index contributed by atoms with van der Waals surface area (Å²) in [5.41, 5.74) is 2.44. The smallest absolute Gasteiger partial charge is 0.275 e. The average molecular weight is 350 g/mol. The van der Waals surface area contributed by atoms with Gasteiger partial charge < -0.3 is 25.0 Å². The highest BCUT2D eigenvalue weighted by atomic mass is 16.5. The van der Waals surface area contributed by atoms with E-state index in [-0.39, 0.29) is 18.4 Å². The van der Waals surface area contributed by atoms with Crippen LogP contribution in [0, 0.1) is 0 Å². The highest BCUT2D eigenvalue weighted by molar-refractivity contribution is 5.84. The van der Waals surface area contributed by atoms with Crippen molar-refractivity contribution in [3.8, 4) is 11.5 Å². The minimum atomic E-state index is -0.197. The lowest BCUT2D eigenvalue weighted by molar-refractivity contribution is -0.908. The Hall–Kier alpha value is -2.28. The van der Waals surface area contributed by atoms with Crippen LogP contribution in [0.25, 0.3) is 0 Å². The van der Waals surface area contributed by atoms with Crippen molar-refractivity contribution in [2.45, 2.75) is 26.8 Å². The van der Waals surface area contributed by atoms with E-state index in [4.69, 9.17) is 9.47 Å². The van der Waals surface area contributed by atoms with Gasteiger partial charge in [-0.3, -0.25) is 9.59 Å². The molecule has 7 nitrogen and oxygen atoms in total. The number of ether oxygens (including phenoxy) is 2. The van der Waals surface area contributed by atoms with E-state index in [1.807, 2.05) is 19.9 Å². The SMILES string of the molecule is CCOc1cc2c(cc1OCC)C[NH+](CC(=O)NCC(=O)NC)CC2. The fraction of sp³-hybridized carbons (Fsp3) is 0.556. The molecule has 0 aromatic heterocycles. The van der Waals surface area contributed by atoms with Gasteiger partial charge in [-0.1, -0.05) is 0 Å². The number of quaternary nitrogens is 1. The van der Waals surface area contributed by atoms with Crippen LogP contribution in [-0.4, -0.2) is 51.7 Å². The number of hydrogen-bond donors (Lipinski definition) is 3. The summed E-state index contributed by atoms with van der Waals surface area (Å²) in [5.74, 6) is 1.23. The highest BCUT2D eigenvalue weighted by Gasteiger charge is 2.24. The van der Waals surface area contributed by atoms with Gasteiger partial charge in [-0.05, 0) is 31.5 Å².